The number of hydrogen-bond acceptors (Lipinski definition) is 5. The number of aryl methyl sites for hydroxylation is 1. The lowest BCUT2D eigenvalue weighted by molar-refractivity contribution is 0.102. The van der Waals surface area contributed by atoms with Gasteiger partial charge >= 0.3 is 6.03 Å². The first-order valence-corrected chi connectivity index (χ1v) is 13.0. The van der Waals surface area contributed by atoms with Crippen molar-refractivity contribution in [2.75, 3.05) is 5.32 Å². The van der Waals surface area contributed by atoms with Crippen molar-refractivity contribution < 1.29 is 14.7 Å². The lowest BCUT2D eigenvalue weighted by Crippen LogP contribution is -2.31. The van der Waals surface area contributed by atoms with Crippen LogP contribution in [0.1, 0.15) is 58.8 Å². The number of carbonyl (C=O) groups excluding carboxylic acids is 2. The Bertz CT molecular complexity index is 1490. The number of phenols is 1. The highest BCUT2D eigenvalue weighted by atomic mass is 35.5. The Morgan fingerprint density at radius 3 is 2.63 bits per heavy atom. The number of aromatic nitrogens is 3. The van der Waals surface area contributed by atoms with Crippen LogP contribution >= 0.6 is 11.6 Å². The van der Waals surface area contributed by atoms with Crippen LogP contribution in [0.2, 0.25) is 5.15 Å². The van der Waals surface area contributed by atoms with Gasteiger partial charge in [-0.05, 0) is 67.3 Å². The first-order chi connectivity index (χ1) is 18.4. The number of carbonyl (C=O) groups is 2. The van der Waals surface area contributed by atoms with Gasteiger partial charge in [-0.15, -0.1) is 0 Å². The Morgan fingerprint density at radius 2 is 1.87 bits per heavy atom. The predicted molar refractivity (Wildman–Crippen MR) is 147 cm³/mol. The van der Waals surface area contributed by atoms with E-state index in [1.165, 1.54) is 16.9 Å². The van der Waals surface area contributed by atoms with Gasteiger partial charge in [0.05, 0.1) is 17.0 Å². The number of pyridine rings is 1. The summed E-state index contributed by atoms with van der Waals surface area (Å²) in [5.41, 5.74) is 4.49. The van der Waals surface area contributed by atoms with E-state index in [2.05, 4.69) is 20.7 Å². The number of nitrogens with zero attached hydrogens (tertiary/aromatic N) is 3. The third-order valence-electron chi connectivity index (χ3n) is 6.93. The Morgan fingerprint density at radius 1 is 1.08 bits per heavy atom. The van der Waals surface area contributed by atoms with Crippen LogP contribution in [-0.4, -0.2) is 31.8 Å². The minimum absolute atomic E-state index is 0.00894. The summed E-state index contributed by atoms with van der Waals surface area (Å²) in [7, 11) is 0. The highest BCUT2D eigenvalue weighted by molar-refractivity contribution is 6.33. The van der Waals surface area contributed by atoms with Gasteiger partial charge in [-0.3, -0.25) is 4.79 Å². The van der Waals surface area contributed by atoms with E-state index in [1.54, 1.807) is 24.3 Å². The summed E-state index contributed by atoms with van der Waals surface area (Å²) in [6, 6.07) is 17.4. The first kappa shape index (κ1) is 25.5. The molecule has 0 unspecified atom stereocenters. The van der Waals surface area contributed by atoms with Gasteiger partial charge < -0.3 is 15.7 Å². The van der Waals surface area contributed by atoms with Crippen molar-refractivity contribution in [1.82, 2.24) is 20.1 Å². The standard InChI is InChI=1S/C29H28ClN5O3/c1-18-7-2-3-10-20(18)17-32-29(38)35-25(19-8-4-5-9-19)16-24(34-35)23-15-21(12-13-26(23)36)33-28(37)22-11-6-14-31-27(22)30/h2-3,6-7,10-16,19,36H,4-5,8-9,17H2,1H3,(H,32,38)(H,33,37). The molecule has 2 heterocycles. The molecule has 1 aliphatic carbocycles. The fourth-order valence-electron chi connectivity index (χ4n) is 4.83. The number of halogens is 1. The molecule has 0 radical (unpaired) electrons. The number of rotatable bonds is 6. The van der Waals surface area contributed by atoms with Gasteiger partial charge in [0.25, 0.3) is 5.91 Å². The van der Waals surface area contributed by atoms with Crippen LogP contribution < -0.4 is 10.6 Å². The van der Waals surface area contributed by atoms with Gasteiger partial charge in [-0.25, -0.2) is 9.78 Å². The quantitative estimate of drug-likeness (QED) is 0.201. The molecule has 0 atom stereocenters. The number of hydrogen-bond donors (Lipinski definition) is 3. The predicted octanol–water partition coefficient (Wildman–Crippen LogP) is 6.28. The molecule has 1 aliphatic rings. The molecule has 38 heavy (non-hydrogen) atoms. The van der Waals surface area contributed by atoms with Crippen LogP contribution in [0.5, 0.6) is 5.75 Å². The average Bonchev–Trinajstić information content (AvgIpc) is 3.60. The lowest BCUT2D eigenvalue weighted by atomic mass is 10.0. The maximum absolute atomic E-state index is 13.3. The summed E-state index contributed by atoms with van der Waals surface area (Å²) >= 11 is 6.06. The summed E-state index contributed by atoms with van der Waals surface area (Å²) in [6.45, 7) is 2.39. The third-order valence-corrected chi connectivity index (χ3v) is 7.23. The van der Waals surface area contributed by atoms with Gasteiger partial charge in [-0.2, -0.15) is 9.78 Å². The van der Waals surface area contributed by atoms with E-state index in [1.807, 2.05) is 37.3 Å². The van der Waals surface area contributed by atoms with Gasteiger partial charge in [0.15, 0.2) is 0 Å². The van der Waals surface area contributed by atoms with Crippen molar-refractivity contribution in [2.24, 2.45) is 0 Å². The van der Waals surface area contributed by atoms with Crippen LogP contribution in [0, 0.1) is 6.92 Å². The van der Waals surface area contributed by atoms with Crippen molar-refractivity contribution in [3.8, 4) is 17.0 Å². The molecule has 2 amide bonds. The van der Waals surface area contributed by atoms with E-state index in [4.69, 9.17) is 11.6 Å². The van der Waals surface area contributed by atoms with E-state index in [9.17, 15) is 14.7 Å². The summed E-state index contributed by atoms with van der Waals surface area (Å²) < 4.78 is 1.42. The Kier molecular flexibility index (Phi) is 7.42. The Balaban J connectivity index is 1.43. The number of amides is 2. The number of benzene rings is 2. The summed E-state index contributed by atoms with van der Waals surface area (Å²) in [5, 5.41) is 21.2. The molecule has 1 fully saturated rings. The molecule has 9 heteroatoms. The van der Waals surface area contributed by atoms with Crippen molar-refractivity contribution in [1.29, 1.82) is 0 Å². The molecular formula is C29H28ClN5O3. The summed E-state index contributed by atoms with van der Waals surface area (Å²) in [4.78, 5) is 30.0. The molecule has 4 aromatic rings. The summed E-state index contributed by atoms with van der Waals surface area (Å²) in [5.74, 6) is -0.226. The van der Waals surface area contributed by atoms with Gasteiger partial charge in [0.2, 0.25) is 0 Å². The van der Waals surface area contributed by atoms with Gasteiger partial charge in [-0.1, -0.05) is 48.7 Å². The number of aromatic hydroxyl groups is 1. The van der Waals surface area contributed by atoms with Crippen LogP contribution in [0.25, 0.3) is 11.3 Å². The van der Waals surface area contributed by atoms with E-state index >= 15 is 0 Å². The monoisotopic (exact) mass is 529 g/mol. The molecule has 0 aliphatic heterocycles. The van der Waals surface area contributed by atoms with Crippen LogP contribution in [0.4, 0.5) is 10.5 Å². The molecule has 0 saturated heterocycles. The summed E-state index contributed by atoms with van der Waals surface area (Å²) in [6.07, 6.45) is 5.65. The smallest absolute Gasteiger partial charge is 0.342 e. The highest BCUT2D eigenvalue weighted by Gasteiger charge is 2.26. The average molecular weight is 530 g/mol. The Hall–Kier alpha value is -4.17. The zero-order valence-corrected chi connectivity index (χ0v) is 21.7. The molecule has 5 rings (SSSR count). The molecule has 2 aromatic carbocycles. The van der Waals surface area contributed by atoms with Gasteiger partial charge in [0.1, 0.15) is 10.9 Å². The second kappa shape index (κ2) is 11.1. The zero-order chi connectivity index (χ0) is 26.6. The largest absolute Gasteiger partial charge is 0.507 e. The Labute approximate surface area is 225 Å². The van der Waals surface area contributed by atoms with Crippen molar-refractivity contribution in [2.45, 2.75) is 45.1 Å². The maximum Gasteiger partial charge on any atom is 0.342 e. The van der Waals surface area contributed by atoms with Crippen LogP contribution in [0.3, 0.4) is 0 Å². The zero-order valence-electron chi connectivity index (χ0n) is 20.9. The number of anilines is 1. The third kappa shape index (κ3) is 5.40. The molecule has 2 aromatic heterocycles. The molecule has 1 saturated carbocycles. The van der Waals surface area contributed by atoms with E-state index in [0.29, 0.717) is 23.5 Å². The van der Waals surface area contributed by atoms with Crippen molar-refractivity contribution >= 4 is 29.2 Å². The fraction of sp³-hybridized carbons (Fsp3) is 0.241. The second-order valence-electron chi connectivity index (χ2n) is 9.46. The molecule has 0 bridgehead atoms. The van der Waals surface area contributed by atoms with Crippen molar-refractivity contribution in [3.05, 3.63) is 94.4 Å². The SMILES string of the molecule is Cc1ccccc1CNC(=O)n1nc(-c2cc(NC(=O)c3cccnc3Cl)ccc2O)cc1C1CCCC1. The van der Waals surface area contributed by atoms with E-state index in [-0.39, 0.29) is 28.4 Å². The van der Waals surface area contributed by atoms with Crippen molar-refractivity contribution in [3.63, 3.8) is 0 Å². The molecule has 3 N–H and O–H groups in total. The molecule has 0 spiro atoms. The maximum atomic E-state index is 13.3. The van der Waals surface area contributed by atoms with Crippen LogP contribution in [0.15, 0.2) is 66.9 Å². The molecule has 8 nitrogen and oxygen atoms in total. The van der Waals surface area contributed by atoms with Crippen LogP contribution in [-0.2, 0) is 6.54 Å². The minimum atomic E-state index is -0.424. The normalized spacial score (nSPS) is 13.4. The fourth-order valence-corrected chi connectivity index (χ4v) is 5.03. The van der Waals surface area contributed by atoms with Gasteiger partial charge in [0, 0.05) is 29.9 Å². The first-order valence-electron chi connectivity index (χ1n) is 12.6. The van der Waals surface area contributed by atoms with E-state index < -0.39 is 5.91 Å². The minimum Gasteiger partial charge on any atom is -0.507 e. The lowest BCUT2D eigenvalue weighted by Gasteiger charge is -2.13. The number of nitrogens with one attached hydrogen (secondary N) is 2. The van der Waals surface area contributed by atoms with E-state index in [0.717, 1.165) is 42.5 Å². The number of phenolic OH excluding ortho intramolecular Hbond substituents is 1. The topological polar surface area (TPSA) is 109 Å². The second-order valence-corrected chi connectivity index (χ2v) is 9.82. The highest BCUT2D eigenvalue weighted by Crippen LogP contribution is 2.38. The molecular weight excluding hydrogens is 502 g/mol. The molecule has 194 valence electrons.